The average molecular weight is 363 g/mol. The van der Waals surface area contributed by atoms with Crippen LogP contribution in [0.2, 0.25) is 0 Å². The maximum Gasteiger partial charge on any atom is 0.333 e. The SMILES string of the molecule is Cc1ccc(Nc2nc(C)c([N+](=O)[O-])c(N(C)c3ccccc3)n2)cc1C. The Kier molecular flexibility index (Phi) is 5.03. The molecule has 27 heavy (non-hydrogen) atoms. The molecule has 0 bridgehead atoms. The lowest BCUT2D eigenvalue weighted by molar-refractivity contribution is -0.385. The van der Waals surface area contributed by atoms with E-state index in [0.717, 1.165) is 16.9 Å². The lowest BCUT2D eigenvalue weighted by Gasteiger charge is -2.19. The Labute approximate surface area is 157 Å². The number of aryl methyl sites for hydroxylation is 3. The van der Waals surface area contributed by atoms with Crippen molar-refractivity contribution >= 4 is 28.8 Å². The summed E-state index contributed by atoms with van der Waals surface area (Å²) in [5.74, 6) is 0.559. The third-order valence-corrected chi connectivity index (χ3v) is 4.45. The van der Waals surface area contributed by atoms with Crippen LogP contribution in [0.15, 0.2) is 48.5 Å². The quantitative estimate of drug-likeness (QED) is 0.517. The molecule has 0 aliphatic carbocycles. The van der Waals surface area contributed by atoms with Crippen molar-refractivity contribution in [3.8, 4) is 0 Å². The van der Waals surface area contributed by atoms with Crippen molar-refractivity contribution in [3.63, 3.8) is 0 Å². The van der Waals surface area contributed by atoms with E-state index in [2.05, 4.69) is 15.3 Å². The molecule has 0 spiro atoms. The normalized spacial score (nSPS) is 10.5. The van der Waals surface area contributed by atoms with Crippen molar-refractivity contribution in [1.29, 1.82) is 0 Å². The van der Waals surface area contributed by atoms with Gasteiger partial charge in [-0.2, -0.15) is 4.98 Å². The summed E-state index contributed by atoms with van der Waals surface area (Å²) in [5, 5.41) is 14.8. The first-order valence-electron chi connectivity index (χ1n) is 8.53. The van der Waals surface area contributed by atoms with E-state index in [1.807, 2.05) is 62.4 Å². The van der Waals surface area contributed by atoms with E-state index in [1.165, 1.54) is 5.56 Å². The molecule has 1 heterocycles. The van der Waals surface area contributed by atoms with Gasteiger partial charge in [0, 0.05) is 18.4 Å². The molecular weight excluding hydrogens is 342 g/mol. The van der Waals surface area contributed by atoms with Gasteiger partial charge in [-0.15, -0.1) is 0 Å². The number of para-hydroxylation sites is 1. The molecule has 0 saturated carbocycles. The van der Waals surface area contributed by atoms with Crippen molar-refractivity contribution in [2.24, 2.45) is 0 Å². The molecule has 2 aromatic carbocycles. The van der Waals surface area contributed by atoms with Crippen LogP contribution in [0.3, 0.4) is 0 Å². The summed E-state index contributed by atoms with van der Waals surface area (Å²) in [7, 11) is 1.75. The molecular formula is C20H21N5O2. The molecule has 0 unspecified atom stereocenters. The fourth-order valence-electron chi connectivity index (χ4n) is 2.78. The van der Waals surface area contributed by atoms with Crippen LogP contribution in [-0.4, -0.2) is 21.9 Å². The van der Waals surface area contributed by atoms with Gasteiger partial charge in [-0.3, -0.25) is 10.1 Å². The van der Waals surface area contributed by atoms with Gasteiger partial charge in [0.15, 0.2) is 0 Å². The summed E-state index contributed by atoms with van der Waals surface area (Å²) in [6.45, 7) is 5.68. The highest BCUT2D eigenvalue weighted by Crippen LogP contribution is 2.33. The summed E-state index contributed by atoms with van der Waals surface area (Å²) in [5.41, 5.74) is 4.16. The molecule has 7 nitrogen and oxygen atoms in total. The van der Waals surface area contributed by atoms with Crippen LogP contribution < -0.4 is 10.2 Å². The molecule has 1 N–H and O–H groups in total. The second-order valence-electron chi connectivity index (χ2n) is 6.38. The Balaban J connectivity index is 2.05. The average Bonchev–Trinajstić information content (AvgIpc) is 2.64. The van der Waals surface area contributed by atoms with Gasteiger partial charge in [0.2, 0.25) is 11.8 Å². The molecule has 0 fully saturated rings. The monoisotopic (exact) mass is 363 g/mol. The molecule has 0 amide bonds. The van der Waals surface area contributed by atoms with E-state index in [9.17, 15) is 10.1 Å². The molecule has 1 aromatic heterocycles. The van der Waals surface area contributed by atoms with Crippen molar-refractivity contribution < 1.29 is 4.92 Å². The lowest BCUT2D eigenvalue weighted by Crippen LogP contribution is -2.16. The number of benzene rings is 2. The maximum absolute atomic E-state index is 11.6. The lowest BCUT2D eigenvalue weighted by atomic mass is 10.1. The van der Waals surface area contributed by atoms with Crippen LogP contribution in [0.4, 0.5) is 28.8 Å². The molecule has 0 aliphatic heterocycles. The van der Waals surface area contributed by atoms with E-state index >= 15 is 0 Å². The Bertz CT molecular complexity index is 989. The number of nitro groups is 1. The Hall–Kier alpha value is -3.48. The largest absolute Gasteiger partial charge is 0.333 e. The molecule has 0 aliphatic rings. The van der Waals surface area contributed by atoms with Gasteiger partial charge >= 0.3 is 5.69 Å². The molecule has 0 saturated heterocycles. The number of aromatic nitrogens is 2. The van der Waals surface area contributed by atoms with Crippen LogP contribution in [0.25, 0.3) is 0 Å². The topological polar surface area (TPSA) is 84.2 Å². The predicted octanol–water partition coefficient (Wildman–Crippen LogP) is 4.82. The number of hydrogen-bond acceptors (Lipinski definition) is 6. The van der Waals surface area contributed by atoms with Crippen molar-refractivity contribution in [2.45, 2.75) is 20.8 Å². The van der Waals surface area contributed by atoms with Gasteiger partial charge in [0.25, 0.3) is 0 Å². The fourth-order valence-corrected chi connectivity index (χ4v) is 2.78. The fraction of sp³-hybridized carbons (Fsp3) is 0.200. The van der Waals surface area contributed by atoms with Crippen molar-refractivity contribution in [2.75, 3.05) is 17.3 Å². The number of rotatable bonds is 5. The Morgan fingerprint density at radius 3 is 2.33 bits per heavy atom. The van der Waals surface area contributed by atoms with Crippen molar-refractivity contribution in [1.82, 2.24) is 9.97 Å². The molecule has 7 heteroatoms. The van der Waals surface area contributed by atoms with E-state index < -0.39 is 4.92 Å². The highest BCUT2D eigenvalue weighted by molar-refractivity contribution is 5.71. The van der Waals surface area contributed by atoms with E-state index in [4.69, 9.17) is 0 Å². The van der Waals surface area contributed by atoms with Gasteiger partial charge in [-0.25, -0.2) is 4.98 Å². The third-order valence-electron chi connectivity index (χ3n) is 4.45. The zero-order valence-corrected chi connectivity index (χ0v) is 15.7. The zero-order chi connectivity index (χ0) is 19.6. The summed E-state index contributed by atoms with van der Waals surface area (Å²) in [6, 6.07) is 15.3. The summed E-state index contributed by atoms with van der Waals surface area (Å²) < 4.78 is 0. The minimum Gasteiger partial charge on any atom is -0.324 e. The van der Waals surface area contributed by atoms with Crippen LogP contribution >= 0.6 is 0 Å². The van der Waals surface area contributed by atoms with Gasteiger partial charge < -0.3 is 10.2 Å². The smallest absolute Gasteiger partial charge is 0.324 e. The number of nitrogens with zero attached hydrogens (tertiary/aromatic N) is 4. The minimum atomic E-state index is -0.441. The third kappa shape index (κ3) is 3.87. The second-order valence-corrected chi connectivity index (χ2v) is 6.38. The standard InChI is InChI=1S/C20H21N5O2/c1-13-10-11-16(12-14(13)2)22-20-21-15(3)18(25(26)27)19(23-20)24(4)17-8-6-5-7-9-17/h5-12H,1-4H3,(H,21,22,23). The van der Waals surface area contributed by atoms with Crippen LogP contribution in [0, 0.1) is 30.9 Å². The first-order chi connectivity index (χ1) is 12.9. The molecule has 0 atom stereocenters. The molecule has 3 aromatic rings. The number of anilines is 4. The zero-order valence-electron chi connectivity index (χ0n) is 15.7. The predicted molar refractivity (Wildman–Crippen MR) is 107 cm³/mol. The highest BCUT2D eigenvalue weighted by atomic mass is 16.6. The van der Waals surface area contributed by atoms with Gasteiger partial charge in [-0.1, -0.05) is 24.3 Å². The summed E-state index contributed by atoms with van der Waals surface area (Å²) in [6.07, 6.45) is 0. The van der Waals surface area contributed by atoms with Crippen LogP contribution in [0.5, 0.6) is 0 Å². The summed E-state index contributed by atoms with van der Waals surface area (Å²) in [4.78, 5) is 21.6. The highest BCUT2D eigenvalue weighted by Gasteiger charge is 2.25. The van der Waals surface area contributed by atoms with E-state index in [1.54, 1.807) is 18.9 Å². The Morgan fingerprint density at radius 1 is 1.00 bits per heavy atom. The number of hydrogen-bond donors (Lipinski definition) is 1. The number of nitrogens with one attached hydrogen (secondary N) is 1. The first kappa shape index (κ1) is 18.3. The summed E-state index contributed by atoms with van der Waals surface area (Å²) >= 11 is 0. The van der Waals surface area contributed by atoms with E-state index in [0.29, 0.717) is 11.6 Å². The molecule has 0 radical (unpaired) electrons. The molecule has 3 rings (SSSR count). The minimum absolute atomic E-state index is 0.105. The van der Waals surface area contributed by atoms with Gasteiger partial charge in [-0.05, 0) is 56.2 Å². The van der Waals surface area contributed by atoms with Crippen LogP contribution in [0.1, 0.15) is 16.8 Å². The molecule has 138 valence electrons. The maximum atomic E-state index is 11.6. The van der Waals surface area contributed by atoms with E-state index in [-0.39, 0.29) is 11.5 Å². The van der Waals surface area contributed by atoms with Crippen LogP contribution in [-0.2, 0) is 0 Å². The van der Waals surface area contributed by atoms with Crippen molar-refractivity contribution in [3.05, 3.63) is 75.5 Å². The Morgan fingerprint density at radius 2 is 1.70 bits per heavy atom. The first-order valence-corrected chi connectivity index (χ1v) is 8.53. The van der Waals surface area contributed by atoms with Gasteiger partial charge in [0.1, 0.15) is 5.69 Å². The van der Waals surface area contributed by atoms with Gasteiger partial charge in [0.05, 0.1) is 4.92 Å². The second kappa shape index (κ2) is 7.41.